The van der Waals surface area contributed by atoms with E-state index in [1.165, 1.54) is 6.42 Å². The summed E-state index contributed by atoms with van der Waals surface area (Å²) in [6, 6.07) is -0.408. The van der Waals surface area contributed by atoms with Gasteiger partial charge in [0.15, 0.2) is 0 Å². The highest BCUT2D eigenvalue weighted by Crippen LogP contribution is 2.29. The molecule has 92 valence electrons. The fourth-order valence-electron chi connectivity index (χ4n) is 2.07. The minimum absolute atomic E-state index is 0.176. The van der Waals surface area contributed by atoms with E-state index in [-0.39, 0.29) is 18.2 Å². The normalized spacial score (nSPS) is 24.1. The van der Waals surface area contributed by atoms with Crippen molar-refractivity contribution in [2.75, 3.05) is 12.4 Å². The minimum atomic E-state index is -0.408. The van der Waals surface area contributed by atoms with Crippen molar-refractivity contribution in [3.63, 3.8) is 0 Å². The van der Waals surface area contributed by atoms with Crippen LogP contribution in [0.1, 0.15) is 32.6 Å². The summed E-state index contributed by atoms with van der Waals surface area (Å²) in [6.45, 7) is 2.88. The SMILES string of the molecule is CC1CCC(CNC(=O)NC(=O)CCCl)C1. The van der Waals surface area contributed by atoms with E-state index in [2.05, 4.69) is 17.6 Å². The zero-order chi connectivity index (χ0) is 12.0. The number of carbonyl (C=O) groups excluding carboxylic acids is 2. The van der Waals surface area contributed by atoms with Gasteiger partial charge >= 0.3 is 6.03 Å². The van der Waals surface area contributed by atoms with Crippen molar-refractivity contribution in [3.8, 4) is 0 Å². The molecule has 16 heavy (non-hydrogen) atoms. The molecule has 5 heteroatoms. The molecule has 2 unspecified atom stereocenters. The summed E-state index contributed by atoms with van der Waals surface area (Å²) in [5.41, 5.74) is 0. The second-order valence-corrected chi connectivity index (χ2v) is 4.86. The van der Waals surface area contributed by atoms with E-state index in [0.29, 0.717) is 12.5 Å². The van der Waals surface area contributed by atoms with Gasteiger partial charge in [-0.05, 0) is 24.7 Å². The lowest BCUT2D eigenvalue weighted by molar-refractivity contribution is -0.119. The van der Waals surface area contributed by atoms with Gasteiger partial charge in [0.05, 0.1) is 0 Å². The third kappa shape index (κ3) is 4.84. The molecule has 3 amide bonds. The van der Waals surface area contributed by atoms with Gasteiger partial charge in [0.2, 0.25) is 5.91 Å². The summed E-state index contributed by atoms with van der Waals surface area (Å²) in [7, 11) is 0. The van der Waals surface area contributed by atoms with Crippen LogP contribution in [0.3, 0.4) is 0 Å². The molecule has 0 aliphatic heterocycles. The molecule has 4 nitrogen and oxygen atoms in total. The van der Waals surface area contributed by atoms with Crippen LogP contribution in [0.4, 0.5) is 4.79 Å². The molecule has 1 saturated carbocycles. The average Bonchev–Trinajstić information content (AvgIpc) is 2.61. The first-order valence-electron chi connectivity index (χ1n) is 5.75. The monoisotopic (exact) mass is 246 g/mol. The second kappa shape index (κ2) is 6.74. The van der Waals surface area contributed by atoms with Crippen molar-refractivity contribution in [1.82, 2.24) is 10.6 Å². The molecule has 0 spiro atoms. The van der Waals surface area contributed by atoms with Gasteiger partial charge in [-0.3, -0.25) is 10.1 Å². The molecule has 0 radical (unpaired) electrons. The van der Waals surface area contributed by atoms with Gasteiger partial charge in [0.25, 0.3) is 0 Å². The van der Waals surface area contributed by atoms with Gasteiger partial charge in [-0.25, -0.2) is 4.79 Å². The molecule has 0 aromatic rings. The maximum atomic E-state index is 11.3. The van der Waals surface area contributed by atoms with Gasteiger partial charge in [-0.2, -0.15) is 0 Å². The Balaban J connectivity index is 2.12. The predicted octanol–water partition coefficient (Wildman–Crippen LogP) is 1.88. The highest BCUT2D eigenvalue weighted by atomic mass is 35.5. The van der Waals surface area contributed by atoms with E-state index in [1.54, 1.807) is 0 Å². The van der Waals surface area contributed by atoms with Crippen molar-refractivity contribution < 1.29 is 9.59 Å². The molecule has 1 aliphatic rings. The number of imide groups is 1. The lowest BCUT2D eigenvalue weighted by Gasteiger charge is -2.11. The van der Waals surface area contributed by atoms with E-state index < -0.39 is 6.03 Å². The van der Waals surface area contributed by atoms with E-state index in [4.69, 9.17) is 11.6 Å². The standard InChI is InChI=1S/C11H19ClN2O2/c1-8-2-3-9(6-8)7-13-11(16)14-10(15)4-5-12/h8-9H,2-7H2,1H3,(H2,13,14,15,16). The van der Waals surface area contributed by atoms with Gasteiger partial charge in [0.1, 0.15) is 0 Å². The van der Waals surface area contributed by atoms with Crippen molar-refractivity contribution in [3.05, 3.63) is 0 Å². The Morgan fingerprint density at radius 3 is 2.69 bits per heavy atom. The number of rotatable bonds is 4. The quantitative estimate of drug-likeness (QED) is 0.744. The molecule has 1 aliphatic carbocycles. The smallest absolute Gasteiger partial charge is 0.321 e. The summed E-state index contributed by atoms with van der Waals surface area (Å²) in [5.74, 6) is 1.23. The first-order chi connectivity index (χ1) is 7.61. The van der Waals surface area contributed by atoms with E-state index in [9.17, 15) is 9.59 Å². The molecule has 1 rings (SSSR count). The maximum absolute atomic E-state index is 11.3. The van der Waals surface area contributed by atoms with Crippen LogP contribution < -0.4 is 10.6 Å². The fourth-order valence-corrected chi connectivity index (χ4v) is 2.24. The molecule has 0 heterocycles. The molecular formula is C11H19ClN2O2. The van der Waals surface area contributed by atoms with Crippen LogP contribution in [0.2, 0.25) is 0 Å². The van der Waals surface area contributed by atoms with Crippen LogP contribution in [-0.4, -0.2) is 24.4 Å². The lowest BCUT2D eigenvalue weighted by atomic mass is 10.1. The Morgan fingerprint density at radius 2 is 2.12 bits per heavy atom. The summed E-state index contributed by atoms with van der Waals surface area (Å²) in [6.07, 6.45) is 3.74. The van der Waals surface area contributed by atoms with E-state index in [0.717, 1.165) is 18.8 Å². The highest BCUT2D eigenvalue weighted by Gasteiger charge is 2.21. The Kier molecular flexibility index (Phi) is 5.60. The number of alkyl halides is 1. The van der Waals surface area contributed by atoms with Crippen molar-refractivity contribution in [2.24, 2.45) is 11.8 Å². The molecule has 0 aromatic carbocycles. The highest BCUT2D eigenvalue weighted by molar-refractivity contribution is 6.19. The van der Waals surface area contributed by atoms with Crippen LogP contribution in [0, 0.1) is 11.8 Å². The van der Waals surface area contributed by atoms with Gasteiger partial charge in [0, 0.05) is 18.8 Å². The second-order valence-electron chi connectivity index (χ2n) is 4.48. The predicted molar refractivity (Wildman–Crippen MR) is 63.4 cm³/mol. The number of carbonyl (C=O) groups is 2. The molecule has 0 aromatic heterocycles. The van der Waals surface area contributed by atoms with Crippen LogP contribution in [0.15, 0.2) is 0 Å². The number of amides is 3. The van der Waals surface area contributed by atoms with Gasteiger partial charge in [-0.1, -0.05) is 13.3 Å². The number of hydrogen-bond acceptors (Lipinski definition) is 2. The topological polar surface area (TPSA) is 58.2 Å². The number of urea groups is 1. The third-order valence-electron chi connectivity index (χ3n) is 2.93. The van der Waals surface area contributed by atoms with E-state index >= 15 is 0 Å². The van der Waals surface area contributed by atoms with Gasteiger partial charge < -0.3 is 5.32 Å². The number of halogens is 1. The molecule has 2 N–H and O–H groups in total. The molecule has 2 atom stereocenters. The average molecular weight is 247 g/mol. The third-order valence-corrected chi connectivity index (χ3v) is 3.12. The maximum Gasteiger partial charge on any atom is 0.321 e. The van der Waals surface area contributed by atoms with Crippen molar-refractivity contribution >= 4 is 23.5 Å². The Bertz CT molecular complexity index is 258. The fraction of sp³-hybridized carbons (Fsp3) is 0.818. The number of nitrogens with one attached hydrogen (secondary N) is 2. The minimum Gasteiger partial charge on any atom is -0.338 e. The Hall–Kier alpha value is -0.770. The molecule has 0 bridgehead atoms. The zero-order valence-electron chi connectivity index (χ0n) is 9.59. The first kappa shape index (κ1) is 13.3. The van der Waals surface area contributed by atoms with E-state index in [1.807, 2.05) is 0 Å². The Morgan fingerprint density at radius 1 is 1.38 bits per heavy atom. The summed E-state index contributed by atoms with van der Waals surface area (Å²) >= 11 is 5.38. The largest absolute Gasteiger partial charge is 0.338 e. The van der Waals surface area contributed by atoms with Crippen LogP contribution in [-0.2, 0) is 4.79 Å². The van der Waals surface area contributed by atoms with Crippen LogP contribution >= 0.6 is 11.6 Å². The Labute approximate surface area is 101 Å². The van der Waals surface area contributed by atoms with Crippen LogP contribution in [0.5, 0.6) is 0 Å². The van der Waals surface area contributed by atoms with Gasteiger partial charge in [-0.15, -0.1) is 11.6 Å². The van der Waals surface area contributed by atoms with Crippen molar-refractivity contribution in [2.45, 2.75) is 32.6 Å². The summed E-state index contributed by atoms with van der Waals surface area (Å²) in [4.78, 5) is 22.3. The molecular weight excluding hydrogens is 228 g/mol. The first-order valence-corrected chi connectivity index (χ1v) is 6.29. The lowest BCUT2D eigenvalue weighted by Crippen LogP contribution is -2.41. The summed E-state index contributed by atoms with van der Waals surface area (Å²) in [5, 5.41) is 4.96. The van der Waals surface area contributed by atoms with Crippen LogP contribution in [0.25, 0.3) is 0 Å². The molecule has 1 fully saturated rings. The van der Waals surface area contributed by atoms with Crippen molar-refractivity contribution in [1.29, 1.82) is 0 Å². The summed E-state index contributed by atoms with van der Waals surface area (Å²) < 4.78 is 0. The molecule has 0 saturated heterocycles. The number of hydrogen-bond donors (Lipinski definition) is 2. The zero-order valence-corrected chi connectivity index (χ0v) is 10.3.